The highest BCUT2D eigenvalue weighted by Crippen LogP contribution is 2.15. The van der Waals surface area contributed by atoms with Crippen LogP contribution < -0.4 is 5.32 Å². The third-order valence-electron chi connectivity index (χ3n) is 4.77. The molecular weight excluding hydrogens is 356 g/mol. The van der Waals surface area contributed by atoms with Gasteiger partial charge in [-0.2, -0.15) is 0 Å². The molecule has 1 heterocycles. The maximum atomic E-state index is 12.3. The highest BCUT2D eigenvalue weighted by Gasteiger charge is 2.22. The maximum absolute atomic E-state index is 12.3. The van der Waals surface area contributed by atoms with Crippen LogP contribution in [0.2, 0.25) is 0 Å². The van der Waals surface area contributed by atoms with Crippen LogP contribution in [0, 0.1) is 0 Å². The smallest absolute Gasteiger partial charge is 0.335 e. The number of nitrogens with one attached hydrogen (secondary N) is 1. The van der Waals surface area contributed by atoms with E-state index in [0.29, 0.717) is 12.1 Å². The van der Waals surface area contributed by atoms with Gasteiger partial charge < -0.3 is 15.2 Å². The molecule has 0 radical (unpaired) electrons. The van der Waals surface area contributed by atoms with E-state index in [0.717, 1.165) is 25.2 Å². The van der Waals surface area contributed by atoms with Crippen LogP contribution >= 0.6 is 0 Å². The number of carbonyl (C=O) groups is 2. The summed E-state index contributed by atoms with van der Waals surface area (Å²) in [4.78, 5) is 25.6. The maximum Gasteiger partial charge on any atom is 0.335 e. The van der Waals surface area contributed by atoms with E-state index >= 15 is 0 Å². The number of carboxylic acid groups (broad SMARTS) is 1. The second-order valence-electron chi connectivity index (χ2n) is 7.33. The van der Waals surface area contributed by atoms with Gasteiger partial charge in [0.05, 0.1) is 17.8 Å². The summed E-state index contributed by atoms with van der Waals surface area (Å²) in [5.41, 5.74) is 2.86. The van der Waals surface area contributed by atoms with Crippen molar-refractivity contribution in [3.05, 3.63) is 70.8 Å². The van der Waals surface area contributed by atoms with Crippen molar-refractivity contribution in [2.45, 2.75) is 39.1 Å². The van der Waals surface area contributed by atoms with Gasteiger partial charge in [0.1, 0.15) is 0 Å². The number of benzene rings is 2. The van der Waals surface area contributed by atoms with E-state index in [1.54, 1.807) is 12.1 Å². The van der Waals surface area contributed by atoms with Crippen molar-refractivity contribution in [3.63, 3.8) is 0 Å². The molecule has 0 aliphatic carbocycles. The molecule has 1 amide bonds. The number of carboxylic acids is 1. The van der Waals surface area contributed by atoms with E-state index in [1.165, 1.54) is 17.7 Å². The number of rotatable bonds is 6. The van der Waals surface area contributed by atoms with E-state index in [4.69, 9.17) is 9.84 Å². The normalized spacial score (nSPS) is 19.9. The molecule has 1 aliphatic rings. The Morgan fingerprint density at radius 2 is 1.50 bits per heavy atom. The minimum absolute atomic E-state index is 0.150. The standard InChI is InChI=1S/C22H26N2O4/c1-15-12-24(13-16(2)28-15)14-18-5-7-19(8-6-18)21(25)23-11-17-3-9-20(10-4-17)22(26)27/h3-10,15-16H,11-14H2,1-2H3,(H,23,25)(H,26,27). The van der Waals surface area contributed by atoms with Gasteiger partial charge in [-0.1, -0.05) is 24.3 Å². The number of morpholine rings is 1. The van der Waals surface area contributed by atoms with Crippen molar-refractivity contribution in [2.24, 2.45) is 0 Å². The van der Waals surface area contributed by atoms with E-state index in [1.807, 2.05) is 24.3 Å². The zero-order valence-corrected chi connectivity index (χ0v) is 16.2. The number of carbonyl (C=O) groups excluding carboxylic acids is 1. The first-order chi connectivity index (χ1) is 13.4. The van der Waals surface area contributed by atoms with Gasteiger partial charge >= 0.3 is 5.97 Å². The molecule has 1 saturated heterocycles. The lowest BCUT2D eigenvalue weighted by Gasteiger charge is -2.35. The van der Waals surface area contributed by atoms with Crippen LogP contribution in [0.15, 0.2) is 48.5 Å². The van der Waals surface area contributed by atoms with Gasteiger partial charge in [-0.3, -0.25) is 9.69 Å². The minimum atomic E-state index is -0.961. The average Bonchev–Trinajstić information content (AvgIpc) is 2.66. The van der Waals surface area contributed by atoms with E-state index < -0.39 is 5.97 Å². The van der Waals surface area contributed by atoms with Crippen molar-refractivity contribution >= 4 is 11.9 Å². The third kappa shape index (κ3) is 5.41. The summed E-state index contributed by atoms with van der Waals surface area (Å²) in [6, 6.07) is 14.1. The molecule has 0 spiro atoms. The van der Waals surface area contributed by atoms with Gasteiger partial charge in [0.25, 0.3) is 5.91 Å². The summed E-state index contributed by atoms with van der Waals surface area (Å²) in [6.45, 7) is 7.19. The lowest BCUT2D eigenvalue weighted by molar-refractivity contribution is -0.0704. The van der Waals surface area contributed by atoms with Crippen molar-refractivity contribution in [1.29, 1.82) is 0 Å². The molecule has 1 fully saturated rings. The molecule has 6 heteroatoms. The molecule has 0 saturated carbocycles. The Morgan fingerprint density at radius 1 is 0.964 bits per heavy atom. The molecule has 2 atom stereocenters. The second-order valence-corrected chi connectivity index (χ2v) is 7.33. The number of ether oxygens (including phenoxy) is 1. The number of nitrogens with zero attached hydrogens (tertiary/aromatic N) is 1. The van der Waals surface area contributed by atoms with Crippen LogP contribution in [0.4, 0.5) is 0 Å². The Balaban J connectivity index is 1.52. The summed E-state index contributed by atoms with van der Waals surface area (Å²) in [7, 11) is 0. The van der Waals surface area contributed by atoms with Gasteiger partial charge in [-0.25, -0.2) is 4.79 Å². The van der Waals surface area contributed by atoms with Crippen LogP contribution in [0.5, 0.6) is 0 Å². The predicted molar refractivity (Wildman–Crippen MR) is 106 cm³/mol. The molecule has 3 rings (SSSR count). The monoisotopic (exact) mass is 382 g/mol. The second kappa shape index (κ2) is 8.99. The molecular formula is C22H26N2O4. The minimum Gasteiger partial charge on any atom is -0.478 e. The molecule has 1 aliphatic heterocycles. The van der Waals surface area contributed by atoms with Crippen LogP contribution in [0.1, 0.15) is 45.7 Å². The molecule has 2 unspecified atom stereocenters. The first-order valence-corrected chi connectivity index (χ1v) is 9.48. The Bertz CT molecular complexity index is 807. The summed E-state index contributed by atoms with van der Waals surface area (Å²) in [6.07, 6.45) is 0.469. The molecule has 0 aromatic heterocycles. The van der Waals surface area contributed by atoms with Crippen molar-refractivity contribution in [3.8, 4) is 0 Å². The highest BCUT2D eigenvalue weighted by molar-refractivity contribution is 5.94. The fraction of sp³-hybridized carbons (Fsp3) is 0.364. The first-order valence-electron chi connectivity index (χ1n) is 9.48. The summed E-state index contributed by atoms with van der Waals surface area (Å²) >= 11 is 0. The molecule has 0 bridgehead atoms. The fourth-order valence-electron chi connectivity index (χ4n) is 3.48. The van der Waals surface area contributed by atoms with Crippen LogP contribution in [0.3, 0.4) is 0 Å². The molecule has 2 aromatic carbocycles. The fourth-order valence-corrected chi connectivity index (χ4v) is 3.48. The van der Waals surface area contributed by atoms with Crippen molar-refractivity contribution in [2.75, 3.05) is 13.1 Å². The first kappa shape index (κ1) is 20.0. The van der Waals surface area contributed by atoms with Crippen molar-refractivity contribution < 1.29 is 19.4 Å². The summed E-state index contributed by atoms with van der Waals surface area (Å²) in [5.74, 6) is -1.11. The zero-order valence-electron chi connectivity index (χ0n) is 16.2. The summed E-state index contributed by atoms with van der Waals surface area (Å²) in [5, 5.41) is 11.8. The van der Waals surface area contributed by atoms with Gasteiger partial charge in [0.2, 0.25) is 0 Å². The van der Waals surface area contributed by atoms with E-state index in [-0.39, 0.29) is 23.7 Å². The van der Waals surface area contributed by atoms with Crippen LogP contribution in [-0.2, 0) is 17.8 Å². The average molecular weight is 382 g/mol. The third-order valence-corrected chi connectivity index (χ3v) is 4.77. The van der Waals surface area contributed by atoms with Gasteiger partial charge in [0, 0.05) is 31.7 Å². The van der Waals surface area contributed by atoms with Crippen LogP contribution in [0.25, 0.3) is 0 Å². The predicted octanol–water partition coefficient (Wildman–Crippen LogP) is 2.92. The summed E-state index contributed by atoms with van der Waals surface area (Å²) < 4.78 is 5.76. The van der Waals surface area contributed by atoms with Crippen molar-refractivity contribution in [1.82, 2.24) is 10.2 Å². The lowest BCUT2D eigenvalue weighted by atomic mass is 10.1. The molecule has 2 aromatic rings. The van der Waals surface area contributed by atoms with Gasteiger partial charge in [0.15, 0.2) is 0 Å². The lowest BCUT2D eigenvalue weighted by Crippen LogP contribution is -2.44. The Kier molecular flexibility index (Phi) is 6.44. The molecule has 148 valence electrons. The molecule has 2 N–H and O–H groups in total. The highest BCUT2D eigenvalue weighted by atomic mass is 16.5. The topological polar surface area (TPSA) is 78.9 Å². The number of hydrogen-bond acceptors (Lipinski definition) is 4. The van der Waals surface area contributed by atoms with Gasteiger partial charge in [-0.05, 0) is 49.2 Å². The molecule has 6 nitrogen and oxygen atoms in total. The zero-order chi connectivity index (χ0) is 20.1. The van der Waals surface area contributed by atoms with E-state index in [2.05, 4.69) is 24.1 Å². The number of amides is 1. The number of aromatic carboxylic acids is 1. The molecule has 28 heavy (non-hydrogen) atoms. The SMILES string of the molecule is CC1CN(Cc2ccc(C(=O)NCc3ccc(C(=O)O)cc3)cc2)CC(C)O1. The Hall–Kier alpha value is -2.70. The van der Waals surface area contributed by atoms with E-state index in [9.17, 15) is 9.59 Å². The largest absolute Gasteiger partial charge is 0.478 e. The number of hydrogen-bond donors (Lipinski definition) is 2. The Labute approximate surface area is 165 Å². The Morgan fingerprint density at radius 3 is 2.07 bits per heavy atom. The quantitative estimate of drug-likeness (QED) is 0.803. The van der Waals surface area contributed by atoms with Gasteiger partial charge in [-0.15, -0.1) is 0 Å². The van der Waals surface area contributed by atoms with Crippen LogP contribution in [-0.4, -0.2) is 47.2 Å².